The zero-order valence-electron chi connectivity index (χ0n) is 22.0. The van der Waals surface area contributed by atoms with E-state index in [-0.39, 0.29) is 17.6 Å². The second-order valence-corrected chi connectivity index (χ2v) is 10.1. The number of para-hydroxylation sites is 1. The number of aliphatic imine (C=N–C) groups is 1. The molecule has 0 saturated carbocycles. The van der Waals surface area contributed by atoms with Crippen LogP contribution in [0, 0.1) is 0 Å². The predicted octanol–water partition coefficient (Wildman–Crippen LogP) is 4.60. The minimum Gasteiger partial charge on any atom is -0.464 e. The average molecular weight is 574 g/mol. The second-order valence-electron chi connectivity index (χ2n) is 9.29. The normalized spacial score (nSPS) is 15.6. The van der Waals surface area contributed by atoms with Gasteiger partial charge in [-0.1, -0.05) is 60.1 Å². The Kier molecular flexibility index (Phi) is 8.14. The molecule has 204 valence electrons. The molecular formula is C30H28ClN5O3S. The third kappa shape index (κ3) is 5.71. The van der Waals surface area contributed by atoms with Crippen molar-refractivity contribution in [2.45, 2.75) is 25.6 Å². The molecule has 3 N–H and O–H groups in total. The summed E-state index contributed by atoms with van der Waals surface area (Å²) in [6.45, 7) is 1.98. The van der Waals surface area contributed by atoms with E-state index in [1.165, 1.54) is 4.90 Å². The molecule has 0 saturated heterocycles. The summed E-state index contributed by atoms with van der Waals surface area (Å²) in [5, 5.41) is 7.73. The van der Waals surface area contributed by atoms with Crippen LogP contribution in [-0.4, -0.2) is 53.5 Å². The fourth-order valence-electron chi connectivity index (χ4n) is 4.75. The van der Waals surface area contributed by atoms with Gasteiger partial charge in [0, 0.05) is 46.7 Å². The van der Waals surface area contributed by atoms with E-state index < -0.39 is 18.2 Å². The van der Waals surface area contributed by atoms with Crippen molar-refractivity contribution in [1.29, 1.82) is 0 Å². The third-order valence-electron chi connectivity index (χ3n) is 6.69. The van der Waals surface area contributed by atoms with Gasteiger partial charge in [-0.2, -0.15) is 0 Å². The molecule has 0 spiro atoms. The first-order valence-corrected chi connectivity index (χ1v) is 13.6. The summed E-state index contributed by atoms with van der Waals surface area (Å²) in [6, 6.07) is 22.0. The Balaban J connectivity index is 1.43. The first-order chi connectivity index (χ1) is 19.4. The number of carbonyl (C=O) groups excluding carboxylic acids is 2. The summed E-state index contributed by atoms with van der Waals surface area (Å²) in [5.74, 6) is -0.764. The summed E-state index contributed by atoms with van der Waals surface area (Å²) in [4.78, 5) is 36.1. The Morgan fingerprint density at radius 1 is 1.15 bits per heavy atom. The van der Waals surface area contributed by atoms with Crippen molar-refractivity contribution in [3.05, 3.63) is 101 Å². The quantitative estimate of drug-likeness (QED) is 0.221. The largest absolute Gasteiger partial charge is 0.464 e. The van der Waals surface area contributed by atoms with E-state index in [2.05, 4.69) is 15.6 Å². The van der Waals surface area contributed by atoms with Crippen molar-refractivity contribution in [2.24, 2.45) is 4.99 Å². The molecule has 0 radical (unpaired) electrons. The van der Waals surface area contributed by atoms with E-state index in [1.807, 2.05) is 60.8 Å². The molecule has 0 fully saturated rings. The van der Waals surface area contributed by atoms with E-state index >= 15 is 0 Å². The molecule has 40 heavy (non-hydrogen) atoms. The number of halogens is 1. The zero-order valence-corrected chi connectivity index (χ0v) is 23.6. The van der Waals surface area contributed by atoms with E-state index in [0.29, 0.717) is 22.8 Å². The lowest BCUT2D eigenvalue weighted by atomic mass is 10.0. The molecular weight excluding hydrogens is 546 g/mol. The number of esters is 1. The highest BCUT2D eigenvalue weighted by Crippen LogP contribution is 2.30. The summed E-state index contributed by atoms with van der Waals surface area (Å²) in [7, 11) is 1.68. The zero-order chi connectivity index (χ0) is 28.2. The number of ether oxygens (including phenoxy) is 1. The standard InChI is InChI=1S/C30H28ClN5O3S/c1-3-39-29(38)24(15-19-17-32-23-12-8-7-11-21(19)23)33-30(40)35-27-28(37)36(2)25-14-13-20(31)16-22(25)26(34-27)18-9-5-4-6-10-18/h4-14,16-17,24,27,32H,3,15H2,1-2H3,(H2,33,35,40). The number of likely N-dealkylation sites (N-methyl/N-ethyl adjacent to an activating group) is 1. The van der Waals surface area contributed by atoms with Crippen molar-refractivity contribution in [3.63, 3.8) is 0 Å². The number of benzene rings is 3. The number of thiocarbonyl (C=S) groups is 1. The first-order valence-electron chi connectivity index (χ1n) is 12.8. The Labute approximate surface area is 242 Å². The van der Waals surface area contributed by atoms with Crippen LogP contribution in [-0.2, 0) is 20.7 Å². The Morgan fingerprint density at radius 3 is 2.67 bits per heavy atom. The van der Waals surface area contributed by atoms with E-state index in [0.717, 1.165) is 27.6 Å². The molecule has 5 rings (SSSR count). The van der Waals surface area contributed by atoms with Gasteiger partial charge in [0.1, 0.15) is 6.04 Å². The number of benzodiazepines with no additional fused rings is 1. The molecule has 4 aromatic rings. The minimum absolute atomic E-state index is 0.102. The number of carbonyl (C=O) groups is 2. The maximum absolute atomic E-state index is 13.6. The topological polar surface area (TPSA) is 98.8 Å². The summed E-state index contributed by atoms with van der Waals surface area (Å²) in [5.41, 5.74) is 4.71. The first kappa shape index (κ1) is 27.4. The maximum atomic E-state index is 13.6. The molecule has 2 heterocycles. The number of H-pyrrole nitrogens is 1. The van der Waals surface area contributed by atoms with Gasteiger partial charge in [0.05, 0.1) is 18.0 Å². The molecule has 1 aliphatic rings. The highest BCUT2D eigenvalue weighted by Gasteiger charge is 2.32. The molecule has 0 bridgehead atoms. The summed E-state index contributed by atoms with van der Waals surface area (Å²) in [6.07, 6.45) is 1.14. The predicted molar refractivity (Wildman–Crippen MR) is 162 cm³/mol. The average Bonchev–Trinajstić information content (AvgIpc) is 3.33. The molecule has 8 nitrogen and oxygen atoms in total. The fourth-order valence-corrected chi connectivity index (χ4v) is 5.17. The van der Waals surface area contributed by atoms with Crippen LogP contribution in [0.2, 0.25) is 5.02 Å². The lowest BCUT2D eigenvalue weighted by molar-refractivity contribution is -0.145. The van der Waals surface area contributed by atoms with Crippen molar-refractivity contribution >= 4 is 63.1 Å². The number of aromatic amines is 1. The van der Waals surface area contributed by atoms with Gasteiger partial charge in [0.2, 0.25) is 6.17 Å². The van der Waals surface area contributed by atoms with Crippen molar-refractivity contribution in [1.82, 2.24) is 15.6 Å². The number of nitrogens with one attached hydrogen (secondary N) is 3. The van der Waals surface area contributed by atoms with Crippen LogP contribution in [0.5, 0.6) is 0 Å². The number of aromatic nitrogens is 1. The van der Waals surface area contributed by atoms with Crippen LogP contribution < -0.4 is 15.5 Å². The number of hydrogen-bond acceptors (Lipinski definition) is 5. The SMILES string of the molecule is CCOC(=O)C(Cc1c[nH]c2ccccc12)NC(=S)NC1N=C(c2ccccc2)c2cc(Cl)ccc2N(C)C1=O. The molecule has 10 heteroatoms. The fraction of sp³-hybridized carbons (Fsp3) is 0.200. The van der Waals surface area contributed by atoms with Crippen LogP contribution in [0.3, 0.4) is 0 Å². The monoisotopic (exact) mass is 573 g/mol. The molecule has 2 atom stereocenters. The van der Waals surface area contributed by atoms with Gasteiger partial charge in [0.25, 0.3) is 5.91 Å². The number of anilines is 1. The van der Waals surface area contributed by atoms with Gasteiger partial charge in [-0.25, -0.2) is 9.79 Å². The van der Waals surface area contributed by atoms with Crippen LogP contribution in [0.15, 0.2) is 84.0 Å². The minimum atomic E-state index is -1.05. The number of nitrogens with zero attached hydrogens (tertiary/aromatic N) is 2. The molecule has 1 amide bonds. The Bertz CT molecular complexity index is 1600. The second kappa shape index (κ2) is 11.9. The Morgan fingerprint density at radius 2 is 1.90 bits per heavy atom. The lowest BCUT2D eigenvalue weighted by Crippen LogP contribution is -2.53. The van der Waals surface area contributed by atoms with Crippen molar-refractivity contribution in [3.8, 4) is 0 Å². The highest BCUT2D eigenvalue weighted by molar-refractivity contribution is 7.80. The van der Waals surface area contributed by atoms with E-state index in [4.69, 9.17) is 33.5 Å². The van der Waals surface area contributed by atoms with Gasteiger partial charge in [-0.15, -0.1) is 0 Å². The molecule has 1 aliphatic heterocycles. The number of hydrogen-bond donors (Lipinski definition) is 3. The lowest BCUT2D eigenvalue weighted by Gasteiger charge is -2.24. The van der Waals surface area contributed by atoms with Crippen molar-refractivity contribution < 1.29 is 14.3 Å². The van der Waals surface area contributed by atoms with Gasteiger partial charge in [-0.05, 0) is 49.0 Å². The third-order valence-corrected chi connectivity index (χ3v) is 7.16. The molecule has 3 aromatic carbocycles. The smallest absolute Gasteiger partial charge is 0.328 e. The van der Waals surface area contributed by atoms with E-state index in [9.17, 15) is 9.59 Å². The van der Waals surface area contributed by atoms with Crippen LogP contribution in [0.4, 0.5) is 5.69 Å². The summed E-state index contributed by atoms with van der Waals surface area (Å²) >= 11 is 11.9. The number of amides is 1. The van der Waals surface area contributed by atoms with Crippen molar-refractivity contribution in [2.75, 3.05) is 18.6 Å². The number of rotatable bonds is 7. The molecule has 2 unspecified atom stereocenters. The summed E-state index contributed by atoms with van der Waals surface area (Å²) < 4.78 is 5.33. The van der Waals surface area contributed by atoms with Gasteiger partial charge < -0.3 is 25.3 Å². The van der Waals surface area contributed by atoms with Crippen LogP contribution in [0.1, 0.15) is 23.6 Å². The van der Waals surface area contributed by atoms with Gasteiger partial charge in [0.15, 0.2) is 5.11 Å². The highest BCUT2D eigenvalue weighted by atomic mass is 35.5. The maximum Gasteiger partial charge on any atom is 0.328 e. The number of fused-ring (bicyclic) bond motifs is 2. The Hall–Kier alpha value is -4.21. The van der Waals surface area contributed by atoms with E-state index in [1.54, 1.807) is 32.2 Å². The molecule has 0 aliphatic carbocycles. The van der Waals surface area contributed by atoms with Gasteiger partial charge in [-0.3, -0.25) is 4.79 Å². The van der Waals surface area contributed by atoms with Crippen LogP contribution >= 0.6 is 23.8 Å². The van der Waals surface area contributed by atoms with Gasteiger partial charge >= 0.3 is 5.97 Å². The van der Waals surface area contributed by atoms with Crippen LogP contribution in [0.25, 0.3) is 10.9 Å². The molecule has 1 aromatic heterocycles.